The molecule has 0 bridgehead atoms. The summed E-state index contributed by atoms with van der Waals surface area (Å²) in [5, 5.41) is 23.1. The summed E-state index contributed by atoms with van der Waals surface area (Å²) in [6, 6.07) is 4.53. The number of carbonyl (C=O) groups excluding carboxylic acids is 1. The summed E-state index contributed by atoms with van der Waals surface area (Å²) in [6.45, 7) is 9.44. The van der Waals surface area contributed by atoms with Crippen molar-refractivity contribution in [3.8, 4) is 12.1 Å². The predicted molar refractivity (Wildman–Crippen MR) is 121 cm³/mol. The molecule has 1 atom stereocenters. The summed E-state index contributed by atoms with van der Waals surface area (Å²) in [5.74, 6) is -0.160. The van der Waals surface area contributed by atoms with E-state index in [2.05, 4.69) is 34.4 Å². The van der Waals surface area contributed by atoms with Gasteiger partial charge in [-0.25, -0.2) is 4.98 Å². The number of amides is 1. The first-order valence-corrected chi connectivity index (χ1v) is 11.6. The Hall–Kier alpha value is -2.39. The minimum absolute atomic E-state index is 0.160. The van der Waals surface area contributed by atoms with E-state index >= 15 is 0 Å². The van der Waals surface area contributed by atoms with Gasteiger partial charge in [-0.1, -0.05) is 18.7 Å². The van der Waals surface area contributed by atoms with Gasteiger partial charge in [0.1, 0.15) is 22.2 Å². The molecule has 0 radical (unpaired) electrons. The van der Waals surface area contributed by atoms with E-state index < -0.39 is 5.25 Å². The SMILES string of the molecule is CCC(Sc1nc(C)c(C)c(C)c1C#N)C(=O)Nc1sc2c(c1C#N)CCN(C)C2. The van der Waals surface area contributed by atoms with Crippen molar-refractivity contribution in [2.45, 2.75) is 57.4 Å². The number of hydrogen-bond donors (Lipinski definition) is 1. The molecule has 30 heavy (non-hydrogen) atoms. The summed E-state index contributed by atoms with van der Waals surface area (Å²) in [4.78, 5) is 21.0. The van der Waals surface area contributed by atoms with Gasteiger partial charge in [-0.15, -0.1) is 11.3 Å². The summed E-state index contributed by atoms with van der Waals surface area (Å²) in [7, 11) is 2.06. The van der Waals surface area contributed by atoms with E-state index in [1.54, 1.807) is 0 Å². The second-order valence-corrected chi connectivity index (χ2v) is 9.85. The van der Waals surface area contributed by atoms with E-state index in [-0.39, 0.29) is 5.91 Å². The minimum Gasteiger partial charge on any atom is -0.316 e. The number of rotatable bonds is 5. The van der Waals surface area contributed by atoms with E-state index in [0.29, 0.717) is 27.6 Å². The van der Waals surface area contributed by atoms with Crippen LogP contribution in [-0.2, 0) is 17.8 Å². The molecule has 0 saturated carbocycles. The number of thioether (sulfide) groups is 1. The lowest BCUT2D eigenvalue weighted by Gasteiger charge is -2.21. The molecule has 1 N–H and O–H groups in total. The van der Waals surface area contributed by atoms with Gasteiger partial charge in [0, 0.05) is 23.7 Å². The lowest BCUT2D eigenvalue weighted by molar-refractivity contribution is -0.115. The largest absolute Gasteiger partial charge is 0.316 e. The molecular weight excluding hydrogens is 414 g/mol. The number of likely N-dealkylation sites (N-methyl/N-ethyl adjacent to an activating group) is 1. The van der Waals surface area contributed by atoms with Gasteiger partial charge >= 0.3 is 0 Å². The first-order valence-electron chi connectivity index (χ1n) is 9.89. The van der Waals surface area contributed by atoms with E-state index in [1.165, 1.54) is 23.1 Å². The zero-order valence-corrected chi connectivity index (χ0v) is 19.6. The van der Waals surface area contributed by atoms with Gasteiger partial charge in [0.2, 0.25) is 5.91 Å². The molecule has 2 aromatic rings. The number of anilines is 1. The molecule has 0 fully saturated rings. The van der Waals surface area contributed by atoms with Crippen LogP contribution in [-0.4, -0.2) is 34.6 Å². The Kier molecular flexibility index (Phi) is 6.82. The molecule has 156 valence electrons. The minimum atomic E-state index is -0.403. The van der Waals surface area contributed by atoms with E-state index in [0.717, 1.165) is 46.8 Å². The number of aryl methyl sites for hydroxylation is 1. The highest BCUT2D eigenvalue weighted by molar-refractivity contribution is 8.00. The van der Waals surface area contributed by atoms with Gasteiger partial charge in [-0.05, 0) is 57.4 Å². The van der Waals surface area contributed by atoms with Crippen molar-refractivity contribution in [1.29, 1.82) is 10.5 Å². The topological polar surface area (TPSA) is 92.8 Å². The van der Waals surface area contributed by atoms with Crippen LogP contribution in [0.3, 0.4) is 0 Å². The second kappa shape index (κ2) is 9.18. The molecule has 0 spiro atoms. The number of nitrogens with zero attached hydrogens (tertiary/aromatic N) is 4. The van der Waals surface area contributed by atoms with Crippen LogP contribution in [0.25, 0.3) is 0 Å². The number of fused-ring (bicyclic) bond motifs is 1. The van der Waals surface area contributed by atoms with Crippen molar-refractivity contribution < 1.29 is 4.79 Å². The van der Waals surface area contributed by atoms with Gasteiger partial charge in [0.15, 0.2) is 0 Å². The number of thiophene rings is 1. The molecule has 1 aliphatic heterocycles. The third-order valence-electron chi connectivity index (χ3n) is 5.59. The molecular formula is C22H25N5OS2. The Morgan fingerprint density at radius 1 is 1.27 bits per heavy atom. The number of nitriles is 2. The summed E-state index contributed by atoms with van der Waals surface area (Å²) in [5.41, 5.74) is 4.96. The fourth-order valence-electron chi connectivity index (χ4n) is 3.52. The van der Waals surface area contributed by atoms with Crippen LogP contribution >= 0.6 is 23.1 Å². The van der Waals surface area contributed by atoms with Gasteiger partial charge in [-0.2, -0.15) is 10.5 Å². The average molecular weight is 440 g/mol. The van der Waals surface area contributed by atoms with Gasteiger partial charge in [0.05, 0.1) is 16.4 Å². The Labute approximate surface area is 185 Å². The maximum atomic E-state index is 13.1. The number of pyridine rings is 1. The van der Waals surface area contributed by atoms with E-state index in [9.17, 15) is 15.3 Å². The van der Waals surface area contributed by atoms with Crippen molar-refractivity contribution in [2.75, 3.05) is 18.9 Å². The standard InChI is InChI=1S/C22H25N5OS2/c1-6-18(29-21-16(9-23)13(3)12(2)14(4)25-21)20(28)26-22-17(10-24)15-7-8-27(5)11-19(15)30-22/h18H,6-8,11H2,1-5H3,(H,26,28). The molecule has 0 saturated heterocycles. The molecule has 1 amide bonds. The molecule has 1 unspecified atom stereocenters. The van der Waals surface area contributed by atoms with Crippen LogP contribution < -0.4 is 5.32 Å². The number of hydrogen-bond acceptors (Lipinski definition) is 7. The third-order valence-corrected chi connectivity index (χ3v) is 8.07. The Bertz CT molecular complexity index is 1080. The molecule has 0 aromatic carbocycles. The van der Waals surface area contributed by atoms with Gasteiger partial charge in [0.25, 0.3) is 0 Å². The van der Waals surface area contributed by atoms with Crippen molar-refractivity contribution >= 4 is 34.0 Å². The number of carbonyl (C=O) groups is 1. The van der Waals surface area contributed by atoms with E-state index in [1.807, 2.05) is 27.7 Å². The number of nitrogens with one attached hydrogen (secondary N) is 1. The van der Waals surface area contributed by atoms with Gasteiger partial charge < -0.3 is 10.2 Å². The molecule has 6 nitrogen and oxygen atoms in total. The Morgan fingerprint density at radius 3 is 2.60 bits per heavy atom. The van der Waals surface area contributed by atoms with Crippen LogP contribution in [0.5, 0.6) is 0 Å². The van der Waals surface area contributed by atoms with Crippen LogP contribution in [0.2, 0.25) is 0 Å². The fourth-order valence-corrected chi connectivity index (χ4v) is 5.90. The molecule has 8 heteroatoms. The maximum absolute atomic E-state index is 13.1. The first kappa shape index (κ1) is 22.3. The first-order chi connectivity index (χ1) is 14.3. The molecule has 0 aliphatic carbocycles. The highest BCUT2D eigenvalue weighted by atomic mass is 32.2. The Balaban J connectivity index is 1.86. The highest BCUT2D eigenvalue weighted by Crippen LogP contribution is 2.37. The molecule has 2 aromatic heterocycles. The van der Waals surface area contributed by atoms with Crippen molar-refractivity contribution in [3.63, 3.8) is 0 Å². The average Bonchev–Trinajstić information content (AvgIpc) is 3.05. The zero-order valence-electron chi connectivity index (χ0n) is 17.9. The predicted octanol–water partition coefficient (Wildman–Crippen LogP) is 4.31. The van der Waals surface area contributed by atoms with Crippen LogP contribution in [0.1, 0.15) is 51.7 Å². The Morgan fingerprint density at radius 2 is 1.97 bits per heavy atom. The number of aromatic nitrogens is 1. The smallest absolute Gasteiger partial charge is 0.238 e. The second-order valence-electron chi connectivity index (χ2n) is 7.55. The summed E-state index contributed by atoms with van der Waals surface area (Å²) >= 11 is 2.81. The monoisotopic (exact) mass is 439 g/mol. The quantitative estimate of drug-likeness (QED) is 0.698. The third kappa shape index (κ3) is 4.22. The van der Waals surface area contributed by atoms with Crippen molar-refractivity contribution in [2.24, 2.45) is 0 Å². The van der Waals surface area contributed by atoms with Crippen molar-refractivity contribution in [3.05, 3.63) is 38.4 Å². The fraction of sp³-hybridized carbons (Fsp3) is 0.455. The summed E-state index contributed by atoms with van der Waals surface area (Å²) < 4.78 is 0. The normalized spacial score (nSPS) is 14.5. The van der Waals surface area contributed by atoms with Crippen LogP contribution in [0.15, 0.2) is 5.03 Å². The lowest BCUT2D eigenvalue weighted by atomic mass is 10.0. The molecule has 3 heterocycles. The maximum Gasteiger partial charge on any atom is 0.238 e. The molecule has 1 aliphatic rings. The van der Waals surface area contributed by atoms with Crippen LogP contribution in [0, 0.1) is 43.4 Å². The summed E-state index contributed by atoms with van der Waals surface area (Å²) in [6.07, 6.45) is 1.41. The zero-order chi connectivity index (χ0) is 22.0. The van der Waals surface area contributed by atoms with E-state index in [4.69, 9.17) is 0 Å². The van der Waals surface area contributed by atoms with Crippen LogP contribution in [0.4, 0.5) is 5.00 Å². The molecule has 3 rings (SSSR count). The highest BCUT2D eigenvalue weighted by Gasteiger charge is 2.27. The van der Waals surface area contributed by atoms with Gasteiger partial charge in [-0.3, -0.25) is 4.79 Å². The lowest BCUT2D eigenvalue weighted by Crippen LogP contribution is -2.25. The van der Waals surface area contributed by atoms with Crippen molar-refractivity contribution in [1.82, 2.24) is 9.88 Å².